The Morgan fingerprint density at radius 1 is 1.19 bits per heavy atom. The summed E-state index contributed by atoms with van der Waals surface area (Å²) in [4.78, 5) is 25.0. The summed E-state index contributed by atoms with van der Waals surface area (Å²) in [5, 5.41) is 11.2. The lowest BCUT2D eigenvalue weighted by atomic mass is 9.99. The van der Waals surface area contributed by atoms with Crippen molar-refractivity contribution < 1.29 is 22.7 Å². The van der Waals surface area contributed by atoms with Gasteiger partial charge in [-0.15, -0.1) is 10.2 Å². The van der Waals surface area contributed by atoms with Gasteiger partial charge in [0.25, 0.3) is 15.9 Å². The summed E-state index contributed by atoms with van der Waals surface area (Å²) in [5.41, 5.74) is 0.981. The first-order valence-corrected chi connectivity index (χ1v) is 11.9. The molecule has 2 amide bonds. The maximum absolute atomic E-state index is 13.4. The fourth-order valence-electron chi connectivity index (χ4n) is 3.51. The van der Waals surface area contributed by atoms with Crippen LogP contribution >= 0.6 is 11.3 Å². The number of nitrogens with zero attached hydrogens (tertiary/aromatic N) is 3. The van der Waals surface area contributed by atoms with E-state index in [0.717, 1.165) is 9.87 Å². The number of anilines is 1. The molecule has 166 valence electrons. The van der Waals surface area contributed by atoms with Gasteiger partial charge in [0.1, 0.15) is 15.7 Å². The van der Waals surface area contributed by atoms with Gasteiger partial charge >= 0.3 is 0 Å². The Bertz CT molecular complexity index is 1270. The van der Waals surface area contributed by atoms with Gasteiger partial charge < -0.3 is 4.74 Å². The standard InChI is InChI=1S/C21H20N4O5S2/c1-13-23-24-21(31-13)22-20(27)15-8-9-17(30-2)18(10-15)32(28,29)25-12-16(11-19(25)26)14-6-4-3-5-7-14/h3-10,16H,11-12H2,1-2H3,(H,22,24,27). The second-order valence-corrected chi connectivity index (χ2v) is 10.2. The van der Waals surface area contributed by atoms with E-state index >= 15 is 0 Å². The number of hydrogen-bond donors (Lipinski definition) is 1. The largest absolute Gasteiger partial charge is 0.495 e. The Labute approximate surface area is 189 Å². The second kappa shape index (κ2) is 8.67. The van der Waals surface area contributed by atoms with Crippen molar-refractivity contribution in [3.8, 4) is 5.75 Å². The van der Waals surface area contributed by atoms with Gasteiger partial charge in [0, 0.05) is 24.4 Å². The van der Waals surface area contributed by atoms with Crippen molar-refractivity contribution in [3.05, 3.63) is 64.7 Å². The van der Waals surface area contributed by atoms with E-state index in [-0.39, 0.29) is 35.1 Å². The maximum Gasteiger partial charge on any atom is 0.270 e. The van der Waals surface area contributed by atoms with E-state index in [1.807, 2.05) is 30.3 Å². The van der Waals surface area contributed by atoms with Crippen molar-refractivity contribution >= 4 is 38.3 Å². The van der Waals surface area contributed by atoms with Crippen LogP contribution in [0.4, 0.5) is 5.13 Å². The highest BCUT2D eigenvalue weighted by atomic mass is 32.2. The van der Waals surface area contributed by atoms with E-state index in [2.05, 4.69) is 15.5 Å². The average molecular weight is 473 g/mol. The van der Waals surface area contributed by atoms with Crippen LogP contribution in [0, 0.1) is 6.92 Å². The maximum atomic E-state index is 13.4. The number of aryl methyl sites for hydroxylation is 1. The number of hydrogen-bond acceptors (Lipinski definition) is 8. The van der Waals surface area contributed by atoms with Crippen molar-refractivity contribution in [3.63, 3.8) is 0 Å². The van der Waals surface area contributed by atoms with Crippen LogP contribution in [0.15, 0.2) is 53.4 Å². The van der Waals surface area contributed by atoms with Gasteiger partial charge in [-0.25, -0.2) is 12.7 Å². The first-order valence-electron chi connectivity index (χ1n) is 9.69. The van der Waals surface area contributed by atoms with E-state index in [9.17, 15) is 18.0 Å². The third kappa shape index (κ3) is 4.21. The molecule has 2 aromatic carbocycles. The van der Waals surface area contributed by atoms with Crippen molar-refractivity contribution in [1.29, 1.82) is 0 Å². The molecule has 1 aromatic heterocycles. The van der Waals surface area contributed by atoms with Crippen LogP contribution < -0.4 is 10.1 Å². The molecule has 1 saturated heterocycles. The molecule has 0 saturated carbocycles. The molecule has 1 N–H and O–H groups in total. The molecule has 2 heterocycles. The average Bonchev–Trinajstić information content (AvgIpc) is 3.39. The number of aromatic nitrogens is 2. The molecular weight excluding hydrogens is 452 g/mol. The lowest BCUT2D eigenvalue weighted by molar-refractivity contribution is -0.123. The van der Waals surface area contributed by atoms with E-state index < -0.39 is 21.8 Å². The Kier molecular flexibility index (Phi) is 5.94. The molecule has 1 aliphatic heterocycles. The van der Waals surface area contributed by atoms with Gasteiger partial charge in [-0.2, -0.15) is 0 Å². The number of rotatable bonds is 6. The highest BCUT2D eigenvalue weighted by Gasteiger charge is 2.40. The van der Waals surface area contributed by atoms with Gasteiger partial charge in [0.2, 0.25) is 11.0 Å². The number of carbonyl (C=O) groups is 2. The summed E-state index contributed by atoms with van der Waals surface area (Å²) in [5.74, 6) is -1.24. The van der Waals surface area contributed by atoms with E-state index in [4.69, 9.17) is 4.74 Å². The SMILES string of the molecule is COc1ccc(C(=O)Nc2nnc(C)s2)cc1S(=O)(=O)N1CC(c2ccccc2)CC1=O. The molecular formula is C21H20N4O5S2. The predicted octanol–water partition coefficient (Wildman–Crippen LogP) is 2.81. The van der Waals surface area contributed by atoms with Crippen molar-refractivity contribution in [2.45, 2.75) is 24.2 Å². The number of ether oxygens (including phenoxy) is 1. The number of sulfonamides is 1. The third-order valence-corrected chi connectivity index (χ3v) is 7.66. The molecule has 0 spiro atoms. The van der Waals surface area contributed by atoms with Crippen molar-refractivity contribution in [1.82, 2.24) is 14.5 Å². The topological polar surface area (TPSA) is 119 Å². The summed E-state index contributed by atoms with van der Waals surface area (Å²) < 4.78 is 32.9. The monoisotopic (exact) mass is 472 g/mol. The third-order valence-electron chi connectivity index (χ3n) is 5.10. The molecule has 1 unspecified atom stereocenters. The lowest BCUT2D eigenvalue weighted by Crippen LogP contribution is -2.32. The molecule has 0 aliphatic carbocycles. The normalized spacial score (nSPS) is 16.2. The summed E-state index contributed by atoms with van der Waals surface area (Å²) in [6.45, 7) is 1.77. The summed E-state index contributed by atoms with van der Waals surface area (Å²) >= 11 is 1.20. The molecule has 32 heavy (non-hydrogen) atoms. The van der Waals surface area contributed by atoms with Crippen LogP contribution in [0.3, 0.4) is 0 Å². The van der Waals surface area contributed by atoms with Gasteiger partial charge in [0.15, 0.2) is 0 Å². The molecule has 11 heteroatoms. The van der Waals surface area contributed by atoms with Gasteiger partial charge in [-0.05, 0) is 30.7 Å². The zero-order valence-electron chi connectivity index (χ0n) is 17.3. The highest BCUT2D eigenvalue weighted by molar-refractivity contribution is 7.89. The second-order valence-electron chi connectivity index (χ2n) is 7.19. The molecule has 1 aliphatic rings. The van der Waals surface area contributed by atoms with E-state index in [1.165, 1.54) is 36.6 Å². The lowest BCUT2D eigenvalue weighted by Gasteiger charge is -2.19. The minimum atomic E-state index is -4.24. The molecule has 1 atom stereocenters. The minimum absolute atomic E-state index is 0.0226. The summed E-state index contributed by atoms with van der Waals surface area (Å²) in [6, 6.07) is 13.3. The van der Waals surface area contributed by atoms with E-state index in [1.54, 1.807) is 6.92 Å². The fraction of sp³-hybridized carbons (Fsp3) is 0.238. The molecule has 0 radical (unpaired) electrons. The van der Waals surface area contributed by atoms with Crippen LogP contribution in [0.5, 0.6) is 5.75 Å². The Morgan fingerprint density at radius 3 is 2.59 bits per heavy atom. The zero-order chi connectivity index (χ0) is 22.9. The Morgan fingerprint density at radius 2 is 1.94 bits per heavy atom. The molecule has 1 fully saturated rings. The number of methoxy groups -OCH3 is 1. The molecule has 3 aromatic rings. The number of benzene rings is 2. The van der Waals surface area contributed by atoms with Gasteiger partial charge in [0.05, 0.1) is 7.11 Å². The van der Waals surface area contributed by atoms with Crippen molar-refractivity contribution in [2.24, 2.45) is 0 Å². The smallest absolute Gasteiger partial charge is 0.270 e. The number of carbonyl (C=O) groups excluding carboxylic acids is 2. The molecule has 0 bridgehead atoms. The van der Waals surface area contributed by atoms with E-state index in [0.29, 0.717) is 10.1 Å². The zero-order valence-corrected chi connectivity index (χ0v) is 18.9. The first-order chi connectivity index (χ1) is 15.3. The molecule has 9 nitrogen and oxygen atoms in total. The fourth-order valence-corrected chi connectivity index (χ4v) is 5.74. The van der Waals surface area contributed by atoms with Gasteiger partial charge in [-0.1, -0.05) is 41.7 Å². The van der Waals surface area contributed by atoms with Crippen LogP contribution in [0.2, 0.25) is 0 Å². The predicted molar refractivity (Wildman–Crippen MR) is 118 cm³/mol. The number of nitrogens with one attached hydrogen (secondary N) is 1. The summed E-state index contributed by atoms with van der Waals surface area (Å²) in [6.07, 6.45) is 0.0855. The van der Waals surface area contributed by atoms with Crippen LogP contribution in [0.1, 0.15) is 33.3 Å². The Hall–Kier alpha value is -3.31. The quantitative estimate of drug-likeness (QED) is 0.586. The van der Waals surface area contributed by atoms with Crippen LogP contribution in [-0.2, 0) is 14.8 Å². The number of amides is 2. The minimum Gasteiger partial charge on any atom is -0.495 e. The van der Waals surface area contributed by atoms with Crippen LogP contribution in [0.25, 0.3) is 0 Å². The highest BCUT2D eigenvalue weighted by Crippen LogP contribution is 2.35. The molecule has 4 rings (SSSR count). The first kappa shape index (κ1) is 21.9. The Balaban J connectivity index is 1.64. The van der Waals surface area contributed by atoms with Gasteiger partial charge in [-0.3, -0.25) is 14.9 Å². The summed E-state index contributed by atoms with van der Waals surface area (Å²) in [7, 11) is -2.91. The van der Waals surface area contributed by atoms with Crippen LogP contribution in [-0.4, -0.2) is 48.4 Å². The van der Waals surface area contributed by atoms with Crippen molar-refractivity contribution in [2.75, 3.05) is 19.0 Å².